The molecule has 4 atom stereocenters. The van der Waals surface area contributed by atoms with Crippen molar-refractivity contribution < 1.29 is 14.6 Å². The first kappa shape index (κ1) is 16.1. The molecule has 0 heterocycles. The van der Waals surface area contributed by atoms with E-state index in [0.717, 1.165) is 17.4 Å². The lowest BCUT2D eigenvalue weighted by Crippen LogP contribution is -2.39. The van der Waals surface area contributed by atoms with Crippen LogP contribution >= 0.6 is 0 Å². The summed E-state index contributed by atoms with van der Waals surface area (Å²) in [5.74, 6) is 3.00. The molecule has 0 amide bonds. The second kappa shape index (κ2) is 7.66. The van der Waals surface area contributed by atoms with Gasteiger partial charge in [0.1, 0.15) is 24.2 Å². The van der Waals surface area contributed by atoms with Crippen molar-refractivity contribution in [2.75, 3.05) is 20.3 Å². The van der Waals surface area contributed by atoms with Gasteiger partial charge in [0.15, 0.2) is 0 Å². The Labute approximate surface area is 127 Å². The molecule has 0 saturated heterocycles. The fourth-order valence-electron chi connectivity index (χ4n) is 2.86. The molecule has 1 aliphatic carbocycles. The van der Waals surface area contributed by atoms with Gasteiger partial charge < -0.3 is 19.9 Å². The van der Waals surface area contributed by atoms with Gasteiger partial charge in [0.2, 0.25) is 0 Å². The Morgan fingerprint density at radius 3 is 2.43 bits per heavy atom. The van der Waals surface area contributed by atoms with Crippen molar-refractivity contribution in [2.45, 2.75) is 38.8 Å². The standard InChI is InChI=1S/C17H27NO3/c1-12-4-9-17(13(12)2)18-10-14(19)11-21-16-7-5-15(20-3)6-8-16/h5-8,12-14,17-19H,4,9-11H2,1-3H3. The van der Waals surface area contributed by atoms with Crippen LogP contribution in [0.25, 0.3) is 0 Å². The SMILES string of the molecule is COc1ccc(OCC(O)CNC2CCC(C)C2C)cc1. The summed E-state index contributed by atoms with van der Waals surface area (Å²) in [7, 11) is 1.64. The van der Waals surface area contributed by atoms with Crippen LogP contribution in [0.4, 0.5) is 0 Å². The predicted molar refractivity (Wildman–Crippen MR) is 83.8 cm³/mol. The lowest BCUT2D eigenvalue weighted by Gasteiger charge is -2.21. The zero-order valence-corrected chi connectivity index (χ0v) is 13.2. The number of hydrogen-bond acceptors (Lipinski definition) is 4. The number of aliphatic hydroxyl groups excluding tert-OH is 1. The van der Waals surface area contributed by atoms with E-state index in [-0.39, 0.29) is 0 Å². The van der Waals surface area contributed by atoms with Crippen molar-refractivity contribution in [3.8, 4) is 11.5 Å². The Hall–Kier alpha value is -1.26. The van der Waals surface area contributed by atoms with Gasteiger partial charge in [-0.3, -0.25) is 0 Å². The van der Waals surface area contributed by atoms with Crippen LogP contribution in [-0.2, 0) is 0 Å². The van der Waals surface area contributed by atoms with Crippen LogP contribution in [-0.4, -0.2) is 37.5 Å². The molecular weight excluding hydrogens is 266 g/mol. The fraction of sp³-hybridized carbons (Fsp3) is 0.647. The molecule has 1 aromatic carbocycles. The van der Waals surface area contributed by atoms with Crippen LogP contribution < -0.4 is 14.8 Å². The van der Waals surface area contributed by atoms with Crippen molar-refractivity contribution in [1.29, 1.82) is 0 Å². The first-order valence-corrected chi connectivity index (χ1v) is 7.78. The van der Waals surface area contributed by atoms with Crippen molar-refractivity contribution in [2.24, 2.45) is 11.8 Å². The van der Waals surface area contributed by atoms with E-state index in [1.165, 1.54) is 12.8 Å². The molecule has 0 aliphatic heterocycles. The van der Waals surface area contributed by atoms with Crippen LogP contribution in [0, 0.1) is 11.8 Å². The van der Waals surface area contributed by atoms with Gasteiger partial charge in [-0.25, -0.2) is 0 Å². The Morgan fingerprint density at radius 2 is 1.86 bits per heavy atom. The molecule has 0 aromatic heterocycles. The molecule has 1 aliphatic rings. The zero-order chi connectivity index (χ0) is 15.2. The molecule has 0 spiro atoms. The van der Waals surface area contributed by atoms with Gasteiger partial charge in [0.05, 0.1) is 7.11 Å². The van der Waals surface area contributed by atoms with Crippen LogP contribution in [0.15, 0.2) is 24.3 Å². The maximum Gasteiger partial charge on any atom is 0.119 e. The molecule has 1 aromatic rings. The highest BCUT2D eigenvalue weighted by Gasteiger charge is 2.29. The molecule has 118 valence electrons. The lowest BCUT2D eigenvalue weighted by molar-refractivity contribution is 0.102. The first-order chi connectivity index (χ1) is 10.1. The normalized spacial score (nSPS) is 26.6. The quantitative estimate of drug-likeness (QED) is 0.811. The summed E-state index contributed by atoms with van der Waals surface area (Å²) >= 11 is 0. The molecule has 2 N–H and O–H groups in total. The number of nitrogens with one attached hydrogen (secondary N) is 1. The van der Waals surface area contributed by atoms with Crippen LogP contribution in [0.3, 0.4) is 0 Å². The molecule has 4 nitrogen and oxygen atoms in total. The van der Waals surface area contributed by atoms with E-state index in [1.807, 2.05) is 24.3 Å². The van der Waals surface area contributed by atoms with Crippen molar-refractivity contribution in [3.63, 3.8) is 0 Å². The summed E-state index contributed by atoms with van der Waals surface area (Å²) in [6.07, 6.45) is 1.99. The Balaban J connectivity index is 1.68. The summed E-state index contributed by atoms with van der Waals surface area (Å²) in [6.45, 7) is 5.47. The summed E-state index contributed by atoms with van der Waals surface area (Å²) in [4.78, 5) is 0. The number of aliphatic hydroxyl groups is 1. The average Bonchev–Trinajstić information content (AvgIpc) is 2.83. The van der Waals surface area contributed by atoms with E-state index >= 15 is 0 Å². The average molecular weight is 293 g/mol. The molecule has 0 bridgehead atoms. The minimum absolute atomic E-state index is 0.302. The molecule has 2 rings (SSSR count). The second-order valence-corrected chi connectivity index (χ2v) is 6.07. The van der Waals surface area contributed by atoms with Gasteiger partial charge in [0.25, 0.3) is 0 Å². The van der Waals surface area contributed by atoms with Crippen LogP contribution in [0.1, 0.15) is 26.7 Å². The Bertz CT molecular complexity index is 421. The van der Waals surface area contributed by atoms with Gasteiger partial charge in [0, 0.05) is 12.6 Å². The summed E-state index contributed by atoms with van der Waals surface area (Å²) in [6, 6.07) is 7.92. The second-order valence-electron chi connectivity index (χ2n) is 6.07. The molecule has 0 radical (unpaired) electrons. The van der Waals surface area contributed by atoms with Gasteiger partial charge in [-0.2, -0.15) is 0 Å². The predicted octanol–water partition coefficient (Wildman–Crippen LogP) is 2.46. The number of benzene rings is 1. The molecule has 4 heteroatoms. The van der Waals surface area contributed by atoms with Crippen molar-refractivity contribution >= 4 is 0 Å². The van der Waals surface area contributed by atoms with Gasteiger partial charge in [-0.1, -0.05) is 13.8 Å². The minimum Gasteiger partial charge on any atom is -0.497 e. The molecule has 1 saturated carbocycles. The monoisotopic (exact) mass is 293 g/mol. The van der Waals surface area contributed by atoms with E-state index < -0.39 is 6.10 Å². The molecule has 1 fully saturated rings. The van der Waals surface area contributed by atoms with Crippen molar-refractivity contribution in [3.05, 3.63) is 24.3 Å². The molecule has 21 heavy (non-hydrogen) atoms. The first-order valence-electron chi connectivity index (χ1n) is 7.78. The Kier molecular flexibility index (Phi) is 5.88. The molecule has 4 unspecified atom stereocenters. The number of ether oxygens (including phenoxy) is 2. The van der Waals surface area contributed by atoms with E-state index in [4.69, 9.17) is 9.47 Å². The number of hydrogen-bond donors (Lipinski definition) is 2. The summed E-state index contributed by atoms with van der Waals surface area (Å²) in [5.41, 5.74) is 0. The maximum atomic E-state index is 10.0. The summed E-state index contributed by atoms with van der Waals surface area (Å²) in [5, 5.41) is 13.5. The third kappa shape index (κ3) is 4.61. The number of methoxy groups -OCH3 is 1. The Morgan fingerprint density at radius 1 is 1.19 bits per heavy atom. The lowest BCUT2D eigenvalue weighted by atomic mass is 9.98. The fourth-order valence-corrected chi connectivity index (χ4v) is 2.86. The smallest absolute Gasteiger partial charge is 0.119 e. The third-order valence-electron chi connectivity index (χ3n) is 4.58. The van der Waals surface area contributed by atoms with E-state index in [9.17, 15) is 5.11 Å². The van der Waals surface area contributed by atoms with E-state index in [1.54, 1.807) is 7.11 Å². The maximum absolute atomic E-state index is 10.0. The topological polar surface area (TPSA) is 50.7 Å². The van der Waals surface area contributed by atoms with Crippen LogP contribution in [0.2, 0.25) is 0 Å². The van der Waals surface area contributed by atoms with E-state index in [0.29, 0.717) is 25.1 Å². The van der Waals surface area contributed by atoms with Gasteiger partial charge >= 0.3 is 0 Å². The van der Waals surface area contributed by atoms with E-state index in [2.05, 4.69) is 19.2 Å². The molecular formula is C17H27NO3. The van der Waals surface area contributed by atoms with Gasteiger partial charge in [-0.05, 0) is 48.9 Å². The largest absolute Gasteiger partial charge is 0.497 e. The van der Waals surface area contributed by atoms with Crippen LogP contribution in [0.5, 0.6) is 11.5 Å². The highest BCUT2D eigenvalue weighted by Crippen LogP contribution is 2.30. The van der Waals surface area contributed by atoms with Gasteiger partial charge in [-0.15, -0.1) is 0 Å². The summed E-state index contributed by atoms with van der Waals surface area (Å²) < 4.78 is 10.7. The third-order valence-corrected chi connectivity index (χ3v) is 4.58. The highest BCUT2D eigenvalue weighted by molar-refractivity contribution is 5.31. The highest BCUT2D eigenvalue weighted by atomic mass is 16.5. The minimum atomic E-state index is -0.491. The zero-order valence-electron chi connectivity index (χ0n) is 13.2. The van der Waals surface area contributed by atoms with Crippen molar-refractivity contribution in [1.82, 2.24) is 5.32 Å². The number of rotatable bonds is 7.